The molecule has 3 atom stereocenters. The van der Waals surface area contributed by atoms with Crippen molar-refractivity contribution in [2.24, 2.45) is 0 Å². The number of rotatable bonds is 0. The molecule has 0 bridgehead atoms. The third-order valence-electron chi connectivity index (χ3n) is 1.75. The smallest absolute Gasteiger partial charge is 0.0734 e. The van der Waals surface area contributed by atoms with Gasteiger partial charge in [0.15, 0.2) is 0 Å². The highest BCUT2D eigenvalue weighted by molar-refractivity contribution is 6.15. The first-order valence-electron chi connectivity index (χ1n) is 3.33. The molecule has 0 aromatic rings. The van der Waals surface area contributed by atoms with E-state index in [9.17, 15) is 0 Å². The minimum absolute atomic E-state index is 0.133. The maximum Gasteiger partial charge on any atom is 0.0734 e. The molecule has 1 aliphatic rings. The molecular weight excluding hydrogens is 110 g/mol. The second-order valence-corrected chi connectivity index (χ2v) is 2.70. The summed E-state index contributed by atoms with van der Waals surface area (Å²) in [6, 6.07) is 0. The van der Waals surface area contributed by atoms with Crippen molar-refractivity contribution in [1.29, 1.82) is 0 Å². The topological polar surface area (TPSA) is 9.23 Å². The van der Waals surface area contributed by atoms with E-state index in [2.05, 4.69) is 0 Å². The molecule has 3 heteroatoms. The highest BCUT2D eigenvalue weighted by atomic mass is 16.5. The van der Waals surface area contributed by atoms with Crippen LogP contribution in [-0.2, 0) is 4.74 Å². The molecule has 46 valence electrons. The molecule has 1 fully saturated rings. The zero-order chi connectivity index (χ0) is 6.85. The highest BCUT2D eigenvalue weighted by Crippen LogP contribution is 2.28. The van der Waals surface area contributed by atoms with Gasteiger partial charge in [0.05, 0.1) is 15.7 Å². The van der Waals surface area contributed by atoms with Crippen molar-refractivity contribution in [3.8, 4) is 0 Å². The van der Waals surface area contributed by atoms with Crippen molar-refractivity contribution in [1.82, 2.24) is 0 Å². The SMILES string of the molecule is [B]C1COC(C)C([B])C1. The first-order valence-corrected chi connectivity index (χ1v) is 3.33. The molecule has 9 heavy (non-hydrogen) atoms. The van der Waals surface area contributed by atoms with Crippen molar-refractivity contribution in [3.63, 3.8) is 0 Å². The van der Waals surface area contributed by atoms with Crippen LogP contribution in [0.3, 0.4) is 0 Å². The summed E-state index contributed by atoms with van der Waals surface area (Å²) in [6.07, 6.45) is 1.08. The monoisotopic (exact) mass is 120 g/mol. The average molecular weight is 120 g/mol. The molecule has 4 radical (unpaired) electrons. The molecule has 1 heterocycles. The van der Waals surface area contributed by atoms with E-state index in [1.165, 1.54) is 0 Å². The Hall–Kier alpha value is 0.0899. The predicted molar refractivity (Wildman–Crippen MR) is 39.0 cm³/mol. The quantitative estimate of drug-likeness (QED) is 0.427. The van der Waals surface area contributed by atoms with Gasteiger partial charge in [0.25, 0.3) is 0 Å². The van der Waals surface area contributed by atoms with Crippen LogP contribution in [0.4, 0.5) is 0 Å². The van der Waals surface area contributed by atoms with E-state index in [-0.39, 0.29) is 17.7 Å². The summed E-state index contributed by atoms with van der Waals surface area (Å²) in [7, 11) is 11.2. The third-order valence-corrected chi connectivity index (χ3v) is 1.75. The Morgan fingerprint density at radius 1 is 1.44 bits per heavy atom. The molecule has 1 saturated heterocycles. The van der Waals surface area contributed by atoms with E-state index >= 15 is 0 Å². The summed E-state index contributed by atoms with van der Waals surface area (Å²) in [5.41, 5.74) is 0. The van der Waals surface area contributed by atoms with Crippen LogP contribution in [0.5, 0.6) is 0 Å². The van der Waals surface area contributed by atoms with Gasteiger partial charge in [-0.25, -0.2) is 0 Å². The molecule has 0 amide bonds. The van der Waals surface area contributed by atoms with E-state index < -0.39 is 0 Å². The van der Waals surface area contributed by atoms with Crippen molar-refractivity contribution in [2.75, 3.05) is 6.61 Å². The van der Waals surface area contributed by atoms with Gasteiger partial charge in [0, 0.05) is 12.7 Å². The van der Waals surface area contributed by atoms with Gasteiger partial charge in [0.2, 0.25) is 0 Å². The summed E-state index contributed by atoms with van der Waals surface area (Å²) >= 11 is 0. The number of ether oxygens (including phenoxy) is 1. The maximum atomic E-state index is 5.66. The zero-order valence-corrected chi connectivity index (χ0v) is 5.71. The first-order chi connectivity index (χ1) is 4.20. The van der Waals surface area contributed by atoms with Gasteiger partial charge in [-0.3, -0.25) is 0 Å². The summed E-state index contributed by atoms with van der Waals surface area (Å²) in [4.78, 5) is 0. The molecule has 0 saturated carbocycles. The van der Waals surface area contributed by atoms with Crippen molar-refractivity contribution in [2.45, 2.75) is 31.1 Å². The van der Waals surface area contributed by atoms with Crippen LogP contribution in [0.1, 0.15) is 13.3 Å². The standard InChI is InChI=1S/C6H10B2O/c1-4-6(8)2-5(7)3-9-4/h4-6H,2-3H2,1H3. The van der Waals surface area contributed by atoms with Crippen molar-refractivity contribution in [3.05, 3.63) is 0 Å². The first kappa shape index (κ1) is 7.20. The van der Waals surface area contributed by atoms with Crippen LogP contribution in [0.15, 0.2) is 0 Å². The van der Waals surface area contributed by atoms with Gasteiger partial charge >= 0.3 is 0 Å². The minimum atomic E-state index is 0.133. The number of hydrogen-bond acceptors (Lipinski definition) is 1. The zero-order valence-electron chi connectivity index (χ0n) is 5.71. The lowest BCUT2D eigenvalue weighted by Gasteiger charge is -2.30. The molecule has 0 spiro atoms. The van der Waals surface area contributed by atoms with Crippen LogP contribution in [0.2, 0.25) is 11.6 Å². The van der Waals surface area contributed by atoms with Crippen LogP contribution < -0.4 is 0 Å². The molecule has 0 aliphatic carbocycles. The summed E-state index contributed by atoms with van der Waals surface area (Å²) in [5.74, 6) is 0.282. The van der Waals surface area contributed by atoms with Gasteiger partial charge in [-0.1, -0.05) is 18.1 Å². The minimum Gasteiger partial charge on any atom is -0.379 e. The molecule has 0 aromatic heterocycles. The Labute approximate surface area is 59.0 Å². The van der Waals surface area contributed by atoms with Crippen molar-refractivity contribution < 1.29 is 4.74 Å². The molecule has 0 aromatic carbocycles. The Morgan fingerprint density at radius 2 is 2.11 bits per heavy atom. The second kappa shape index (κ2) is 2.78. The highest BCUT2D eigenvalue weighted by Gasteiger charge is 2.20. The number of hydrogen-bond donors (Lipinski definition) is 0. The molecule has 3 unspecified atom stereocenters. The molecule has 1 aliphatic heterocycles. The molecule has 0 N–H and O–H groups in total. The Kier molecular flexibility index (Phi) is 2.23. The van der Waals surface area contributed by atoms with Gasteiger partial charge in [-0.15, -0.1) is 0 Å². The van der Waals surface area contributed by atoms with Crippen LogP contribution in [0, 0.1) is 0 Å². The summed E-state index contributed by atoms with van der Waals surface area (Å²) in [6.45, 7) is 2.64. The van der Waals surface area contributed by atoms with Crippen LogP contribution in [0.25, 0.3) is 0 Å². The fourth-order valence-corrected chi connectivity index (χ4v) is 1.01. The lowest BCUT2D eigenvalue weighted by atomic mass is 9.69. The molecular formula is C6H10B2O. The van der Waals surface area contributed by atoms with E-state index in [0.717, 1.165) is 6.42 Å². The maximum absolute atomic E-state index is 5.66. The van der Waals surface area contributed by atoms with Crippen molar-refractivity contribution >= 4 is 15.7 Å². The van der Waals surface area contributed by atoms with E-state index in [0.29, 0.717) is 6.61 Å². The summed E-state index contributed by atoms with van der Waals surface area (Å²) in [5, 5.41) is 0. The lowest BCUT2D eigenvalue weighted by molar-refractivity contribution is 0.0301. The average Bonchev–Trinajstić information content (AvgIpc) is 1.80. The molecule has 1 rings (SSSR count). The van der Waals surface area contributed by atoms with E-state index in [4.69, 9.17) is 20.4 Å². The van der Waals surface area contributed by atoms with Gasteiger partial charge in [-0.2, -0.15) is 0 Å². The lowest BCUT2D eigenvalue weighted by Crippen LogP contribution is -2.26. The van der Waals surface area contributed by atoms with Crippen LogP contribution >= 0.6 is 0 Å². The Bertz CT molecular complexity index is 97.1. The Balaban J connectivity index is 2.35. The van der Waals surface area contributed by atoms with Gasteiger partial charge < -0.3 is 4.74 Å². The summed E-state index contributed by atoms with van der Waals surface area (Å²) < 4.78 is 5.25. The van der Waals surface area contributed by atoms with Gasteiger partial charge in [-0.05, 0) is 6.92 Å². The third kappa shape index (κ3) is 1.75. The largest absolute Gasteiger partial charge is 0.379 e. The van der Waals surface area contributed by atoms with E-state index in [1.807, 2.05) is 6.92 Å². The van der Waals surface area contributed by atoms with Crippen LogP contribution in [-0.4, -0.2) is 28.4 Å². The van der Waals surface area contributed by atoms with E-state index in [1.54, 1.807) is 0 Å². The predicted octanol–water partition coefficient (Wildman–Crippen LogP) is 0.709. The normalized spacial score (nSPS) is 44.8. The fraction of sp³-hybridized carbons (Fsp3) is 1.00. The molecule has 1 nitrogen and oxygen atoms in total. The second-order valence-electron chi connectivity index (χ2n) is 2.70. The van der Waals surface area contributed by atoms with Gasteiger partial charge in [0.1, 0.15) is 0 Å². The Morgan fingerprint density at radius 3 is 2.56 bits per heavy atom. The fourth-order valence-electron chi connectivity index (χ4n) is 1.01.